The number of nitrogens with one attached hydrogen (secondary N) is 1. The number of thiophene rings is 1. The summed E-state index contributed by atoms with van der Waals surface area (Å²) in [5.41, 5.74) is 6.60. The van der Waals surface area contributed by atoms with Gasteiger partial charge in [-0.25, -0.2) is 0 Å². The van der Waals surface area contributed by atoms with Gasteiger partial charge in [0.05, 0.1) is 9.83 Å². The van der Waals surface area contributed by atoms with Gasteiger partial charge < -0.3 is 5.73 Å². The fraction of sp³-hybridized carbons (Fsp3) is 0.545. The zero-order valence-corrected chi connectivity index (χ0v) is 11.5. The first-order valence-corrected chi connectivity index (χ1v) is 7.02. The van der Waals surface area contributed by atoms with Crippen LogP contribution in [0.15, 0.2) is 9.85 Å². The highest BCUT2D eigenvalue weighted by molar-refractivity contribution is 9.11. The van der Waals surface area contributed by atoms with E-state index in [4.69, 9.17) is 5.73 Å². The third-order valence-corrected chi connectivity index (χ3v) is 4.68. The molecule has 0 radical (unpaired) electrons. The van der Waals surface area contributed by atoms with E-state index >= 15 is 0 Å². The van der Waals surface area contributed by atoms with E-state index < -0.39 is 0 Å². The Morgan fingerprint density at radius 1 is 1.75 bits per heavy atom. The summed E-state index contributed by atoms with van der Waals surface area (Å²) < 4.78 is 1.16. The molecule has 0 saturated heterocycles. The highest BCUT2D eigenvalue weighted by atomic mass is 79.9. The number of nitrogens with two attached hydrogens (primary N) is 1. The van der Waals surface area contributed by atoms with Gasteiger partial charge in [-0.05, 0) is 53.7 Å². The van der Waals surface area contributed by atoms with Crippen molar-refractivity contribution >= 4 is 33.2 Å². The number of rotatable bonds is 3. The van der Waals surface area contributed by atoms with Gasteiger partial charge in [-0.3, -0.25) is 10.1 Å². The van der Waals surface area contributed by atoms with Gasteiger partial charge in [0.15, 0.2) is 0 Å². The van der Waals surface area contributed by atoms with Gasteiger partial charge in [-0.2, -0.15) is 0 Å². The van der Waals surface area contributed by atoms with Crippen molar-refractivity contribution in [3.05, 3.63) is 20.3 Å². The van der Waals surface area contributed by atoms with Gasteiger partial charge in [-0.1, -0.05) is 0 Å². The molecule has 0 bridgehead atoms. The maximum atomic E-state index is 11.0. The minimum Gasteiger partial charge on any atom is -0.368 e. The Morgan fingerprint density at radius 2 is 2.50 bits per heavy atom. The van der Waals surface area contributed by atoms with E-state index in [1.165, 1.54) is 16.9 Å². The minimum absolute atomic E-state index is 0.269. The van der Waals surface area contributed by atoms with Crippen LogP contribution in [0.5, 0.6) is 0 Å². The van der Waals surface area contributed by atoms with Crippen molar-refractivity contribution < 1.29 is 4.79 Å². The molecule has 3 nitrogen and oxygen atoms in total. The van der Waals surface area contributed by atoms with Crippen molar-refractivity contribution in [1.29, 1.82) is 0 Å². The van der Waals surface area contributed by atoms with E-state index in [9.17, 15) is 4.79 Å². The second kappa shape index (κ2) is 4.85. The summed E-state index contributed by atoms with van der Waals surface area (Å²) >= 11 is 5.30. The first-order valence-electron chi connectivity index (χ1n) is 5.41. The predicted molar refractivity (Wildman–Crippen MR) is 69.5 cm³/mol. The molecule has 1 amide bonds. The molecule has 2 unspecified atom stereocenters. The molecule has 5 heteroatoms. The van der Waals surface area contributed by atoms with Crippen LogP contribution in [0.3, 0.4) is 0 Å². The minimum atomic E-state index is -0.290. The summed E-state index contributed by atoms with van der Waals surface area (Å²) in [6.45, 7) is 1.82. The Morgan fingerprint density at radius 3 is 3.19 bits per heavy atom. The SMILES string of the molecule is CC(NC1CCCc2sc(Br)cc21)C(N)=O. The maximum absolute atomic E-state index is 11.0. The molecule has 0 spiro atoms. The number of carbonyl (C=O) groups is 1. The van der Waals surface area contributed by atoms with Crippen LogP contribution < -0.4 is 11.1 Å². The Hall–Kier alpha value is -0.390. The number of primary amides is 1. The largest absolute Gasteiger partial charge is 0.368 e. The molecular weight excluding hydrogens is 288 g/mol. The van der Waals surface area contributed by atoms with E-state index in [0.29, 0.717) is 0 Å². The molecule has 2 atom stereocenters. The van der Waals surface area contributed by atoms with E-state index in [1.807, 2.05) is 6.92 Å². The summed E-state index contributed by atoms with van der Waals surface area (Å²) in [5, 5.41) is 3.30. The fourth-order valence-electron chi connectivity index (χ4n) is 2.08. The van der Waals surface area contributed by atoms with Crippen molar-refractivity contribution in [3.63, 3.8) is 0 Å². The summed E-state index contributed by atoms with van der Waals surface area (Å²) in [4.78, 5) is 12.5. The highest BCUT2D eigenvalue weighted by Crippen LogP contribution is 2.38. The molecule has 0 aromatic carbocycles. The van der Waals surface area contributed by atoms with Gasteiger partial charge >= 0.3 is 0 Å². The molecule has 1 aliphatic rings. The normalized spacial score (nSPS) is 21.5. The standard InChI is InChI=1S/C11H15BrN2OS/c1-6(11(13)15)14-8-3-2-4-9-7(8)5-10(12)16-9/h5-6,8,14H,2-4H2,1H3,(H2,13,15). The van der Waals surface area contributed by atoms with Crippen molar-refractivity contribution in [3.8, 4) is 0 Å². The monoisotopic (exact) mass is 302 g/mol. The average molecular weight is 303 g/mol. The first kappa shape index (κ1) is 12.1. The number of halogens is 1. The number of aryl methyl sites for hydroxylation is 1. The Kier molecular flexibility index (Phi) is 3.66. The van der Waals surface area contributed by atoms with Crippen molar-refractivity contribution in [2.45, 2.75) is 38.3 Å². The van der Waals surface area contributed by atoms with Gasteiger partial charge in [0, 0.05) is 10.9 Å². The molecule has 88 valence electrons. The van der Waals surface area contributed by atoms with Crippen LogP contribution in [-0.2, 0) is 11.2 Å². The third kappa shape index (κ3) is 2.47. The van der Waals surface area contributed by atoms with Crippen LogP contribution in [0.2, 0.25) is 0 Å². The zero-order valence-electron chi connectivity index (χ0n) is 9.13. The van der Waals surface area contributed by atoms with Gasteiger partial charge in [-0.15, -0.1) is 11.3 Å². The second-order valence-corrected chi connectivity index (χ2v) is 6.68. The number of carbonyl (C=O) groups excluding carboxylic acids is 1. The van der Waals surface area contributed by atoms with Gasteiger partial charge in [0.1, 0.15) is 0 Å². The zero-order chi connectivity index (χ0) is 11.7. The molecule has 0 fully saturated rings. The summed E-state index contributed by atoms with van der Waals surface area (Å²) in [7, 11) is 0. The van der Waals surface area contributed by atoms with E-state index in [-0.39, 0.29) is 18.0 Å². The molecule has 16 heavy (non-hydrogen) atoms. The Balaban J connectivity index is 2.15. The van der Waals surface area contributed by atoms with Crippen LogP contribution in [0.4, 0.5) is 0 Å². The summed E-state index contributed by atoms with van der Waals surface area (Å²) in [6.07, 6.45) is 3.39. The lowest BCUT2D eigenvalue weighted by Crippen LogP contribution is -2.41. The van der Waals surface area contributed by atoms with Crippen molar-refractivity contribution in [1.82, 2.24) is 5.32 Å². The van der Waals surface area contributed by atoms with E-state index in [1.54, 1.807) is 11.3 Å². The lowest BCUT2D eigenvalue weighted by atomic mass is 9.93. The van der Waals surface area contributed by atoms with E-state index in [0.717, 1.165) is 16.6 Å². The Bertz CT molecular complexity index is 405. The number of hydrogen-bond donors (Lipinski definition) is 2. The topological polar surface area (TPSA) is 55.1 Å². The molecule has 0 aliphatic heterocycles. The molecule has 1 aromatic rings. The quantitative estimate of drug-likeness (QED) is 0.900. The number of fused-ring (bicyclic) bond motifs is 1. The lowest BCUT2D eigenvalue weighted by Gasteiger charge is -2.25. The van der Waals surface area contributed by atoms with Gasteiger partial charge in [0.2, 0.25) is 5.91 Å². The molecule has 1 aromatic heterocycles. The predicted octanol–water partition coefficient (Wildman–Crippen LogP) is 2.35. The smallest absolute Gasteiger partial charge is 0.234 e. The van der Waals surface area contributed by atoms with Crippen molar-refractivity contribution in [2.75, 3.05) is 0 Å². The molecule has 1 aliphatic carbocycles. The molecule has 1 heterocycles. The fourth-order valence-corrected chi connectivity index (χ4v) is 3.90. The summed E-state index contributed by atoms with van der Waals surface area (Å²) in [6, 6.07) is 2.16. The van der Waals surface area contributed by atoms with Gasteiger partial charge in [0.25, 0.3) is 0 Å². The Labute approximate surface area is 108 Å². The van der Waals surface area contributed by atoms with Crippen LogP contribution >= 0.6 is 27.3 Å². The molecule has 0 saturated carbocycles. The summed E-state index contributed by atoms with van der Waals surface area (Å²) in [5.74, 6) is -0.290. The second-order valence-electron chi connectivity index (χ2n) is 4.16. The average Bonchev–Trinajstić information content (AvgIpc) is 2.59. The number of hydrogen-bond acceptors (Lipinski definition) is 3. The van der Waals surface area contributed by atoms with Crippen molar-refractivity contribution in [2.24, 2.45) is 5.73 Å². The highest BCUT2D eigenvalue weighted by Gasteiger charge is 2.24. The van der Waals surface area contributed by atoms with Crippen LogP contribution in [-0.4, -0.2) is 11.9 Å². The van der Waals surface area contributed by atoms with Crippen LogP contribution in [0.1, 0.15) is 36.2 Å². The molecule has 2 rings (SSSR count). The molecular formula is C11H15BrN2OS. The number of amides is 1. The van der Waals surface area contributed by atoms with Crippen LogP contribution in [0.25, 0.3) is 0 Å². The van der Waals surface area contributed by atoms with Crippen LogP contribution in [0, 0.1) is 0 Å². The lowest BCUT2D eigenvalue weighted by molar-refractivity contribution is -0.119. The maximum Gasteiger partial charge on any atom is 0.234 e. The third-order valence-electron chi connectivity index (χ3n) is 2.96. The van der Waals surface area contributed by atoms with E-state index in [2.05, 4.69) is 27.3 Å². The first-order chi connectivity index (χ1) is 7.58. The molecule has 3 N–H and O–H groups in total.